The Morgan fingerprint density at radius 1 is 1.04 bits per heavy atom. The van der Waals surface area contributed by atoms with Crippen LogP contribution >= 0.6 is 0 Å². The van der Waals surface area contributed by atoms with Crippen molar-refractivity contribution in [2.75, 3.05) is 6.26 Å². The van der Waals surface area contributed by atoms with Gasteiger partial charge in [-0.1, -0.05) is 19.4 Å². The lowest BCUT2D eigenvalue weighted by Crippen LogP contribution is -2.58. The Hall–Kier alpha value is -0.970. The van der Waals surface area contributed by atoms with Crippen LogP contribution in [0.5, 0.6) is 0 Å². The van der Waals surface area contributed by atoms with Crippen LogP contribution in [0.4, 0.5) is 0 Å². The second kappa shape index (κ2) is 6.02. The van der Waals surface area contributed by atoms with Crippen molar-refractivity contribution < 1.29 is 18.5 Å². The Balaban J connectivity index is 1.57. The van der Waals surface area contributed by atoms with E-state index in [9.17, 15) is 13.8 Å². The molecule has 5 aliphatic rings. The molecule has 4 fully saturated rings. The molecule has 0 aromatic heterocycles. The minimum atomic E-state index is -0.923. The van der Waals surface area contributed by atoms with Gasteiger partial charge in [-0.2, -0.15) is 0 Å². The number of hydrogen-bond donors (Lipinski definition) is 0. The standard InChI is InChI=1S/C23H32O4S/c1-21-8-4-15(24)12-14(21)13-18(28(3)26)20-16(21)5-9-22(2)17(20)6-10-23(22)11-7-19(25)27-23/h12,16-18,20H,4-11,13H2,1-3H3/t16-,17-,18+,20+,21-,22-,23+,28?/m0/s1. The van der Waals surface area contributed by atoms with Gasteiger partial charge < -0.3 is 4.74 Å². The van der Waals surface area contributed by atoms with Crippen LogP contribution in [-0.2, 0) is 25.1 Å². The molecule has 4 aliphatic carbocycles. The number of carbonyl (C=O) groups excluding carboxylic acids is 2. The summed E-state index contributed by atoms with van der Waals surface area (Å²) in [5.74, 6) is 1.55. The fraction of sp³-hybridized carbons (Fsp3) is 0.826. The molecule has 5 heteroatoms. The van der Waals surface area contributed by atoms with Gasteiger partial charge in [0.2, 0.25) is 0 Å². The normalized spacial score (nSPS) is 51.2. The number of hydrogen-bond acceptors (Lipinski definition) is 4. The second-order valence-electron chi connectivity index (χ2n) is 10.5. The van der Waals surface area contributed by atoms with Gasteiger partial charge in [0.1, 0.15) is 5.60 Å². The zero-order valence-electron chi connectivity index (χ0n) is 17.3. The van der Waals surface area contributed by atoms with Crippen LogP contribution in [0.1, 0.15) is 71.6 Å². The molecule has 0 aromatic rings. The third-order valence-electron chi connectivity index (χ3n) is 9.72. The zero-order valence-corrected chi connectivity index (χ0v) is 18.1. The summed E-state index contributed by atoms with van der Waals surface area (Å²) < 4.78 is 18.9. The van der Waals surface area contributed by atoms with Crippen molar-refractivity contribution in [3.63, 3.8) is 0 Å². The number of allylic oxidation sites excluding steroid dienone is 1. The summed E-state index contributed by atoms with van der Waals surface area (Å²) in [6.07, 6.45) is 11.7. The van der Waals surface area contributed by atoms with Gasteiger partial charge in [-0.25, -0.2) is 0 Å². The first-order valence-electron chi connectivity index (χ1n) is 11.0. The number of ether oxygens (including phenoxy) is 1. The lowest BCUT2D eigenvalue weighted by molar-refractivity contribution is -0.167. The zero-order chi connectivity index (χ0) is 19.9. The SMILES string of the molecule is CS(=O)[C@@H]1CC2=CC(=O)CC[C@]2(C)[C@H]2CC[C@@]3(C)[C@@H](CC[C@@]34CCC(=O)O4)[C@H]12. The molecule has 1 heterocycles. The summed E-state index contributed by atoms with van der Waals surface area (Å²) in [5, 5.41) is 0.118. The molecule has 0 radical (unpaired) electrons. The van der Waals surface area contributed by atoms with Crippen LogP contribution in [-0.4, -0.2) is 33.1 Å². The molecule has 0 N–H and O–H groups in total. The van der Waals surface area contributed by atoms with Gasteiger partial charge in [0.15, 0.2) is 5.78 Å². The molecule has 1 saturated heterocycles. The van der Waals surface area contributed by atoms with Crippen molar-refractivity contribution in [2.45, 2.75) is 82.5 Å². The average Bonchev–Trinajstić information content (AvgIpc) is 3.16. The van der Waals surface area contributed by atoms with Crippen LogP contribution in [0.25, 0.3) is 0 Å². The van der Waals surface area contributed by atoms with Crippen molar-refractivity contribution in [1.82, 2.24) is 0 Å². The highest BCUT2D eigenvalue weighted by atomic mass is 32.2. The largest absolute Gasteiger partial charge is 0.458 e. The van der Waals surface area contributed by atoms with E-state index in [-0.39, 0.29) is 33.4 Å². The van der Waals surface area contributed by atoms with Gasteiger partial charge in [-0.05, 0) is 74.2 Å². The van der Waals surface area contributed by atoms with Gasteiger partial charge in [-0.3, -0.25) is 13.8 Å². The van der Waals surface area contributed by atoms with Crippen LogP contribution < -0.4 is 0 Å². The van der Waals surface area contributed by atoms with Crippen molar-refractivity contribution >= 4 is 22.6 Å². The highest BCUT2D eigenvalue weighted by Gasteiger charge is 2.68. The van der Waals surface area contributed by atoms with E-state index in [4.69, 9.17) is 4.74 Å². The van der Waals surface area contributed by atoms with E-state index in [0.29, 0.717) is 30.6 Å². The van der Waals surface area contributed by atoms with E-state index in [1.54, 1.807) is 0 Å². The third-order valence-corrected chi connectivity index (χ3v) is 11.1. The lowest BCUT2D eigenvalue weighted by atomic mass is 9.46. The van der Waals surface area contributed by atoms with Crippen LogP contribution in [0, 0.1) is 28.6 Å². The summed E-state index contributed by atoms with van der Waals surface area (Å²) in [6.45, 7) is 4.72. The topological polar surface area (TPSA) is 60.4 Å². The number of fused-ring (bicyclic) bond motifs is 6. The Bertz CT molecular complexity index is 802. The monoisotopic (exact) mass is 404 g/mol. The Kier molecular flexibility index (Phi) is 4.09. The Labute approximate surface area is 170 Å². The molecule has 4 nitrogen and oxygen atoms in total. The van der Waals surface area contributed by atoms with Crippen LogP contribution in [0.15, 0.2) is 11.6 Å². The predicted molar refractivity (Wildman–Crippen MR) is 108 cm³/mol. The minimum absolute atomic E-state index is 0.0000104. The summed E-state index contributed by atoms with van der Waals surface area (Å²) in [7, 11) is -0.923. The predicted octanol–water partition coefficient (Wildman–Crippen LogP) is 3.95. The van der Waals surface area contributed by atoms with Crippen LogP contribution in [0.3, 0.4) is 0 Å². The van der Waals surface area contributed by atoms with Gasteiger partial charge in [0.25, 0.3) is 0 Å². The number of rotatable bonds is 1. The molecular weight excluding hydrogens is 372 g/mol. The van der Waals surface area contributed by atoms with Gasteiger partial charge in [0.05, 0.1) is 0 Å². The highest BCUT2D eigenvalue weighted by molar-refractivity contribution is 7.84. The molecule has 1 spiro atoms. The van der Waals surface area contributed by atoms with Gasteiger partial charge in [-0.15, -0.1) is 0 Å². The van der Waals surface area contributed by atoms with E-state index < -0.39 is 10.8 Å². The summed E-state index contributed by atoms with van der Waals surface area (Å²) in [5.41, 5.74) is 1.03. The molecule has 1 unspecified atom stereocenters. The molecule has 154 valence electrons. The van der Waals surface area contributed by atoms with Gasteiger partial charge >= 0.3 is 5.97 Å². The molecular formula is C23H32O4S. The maximum absolute atomic E-state index is 12.9. The summed E-state index contributed by atoms with van der Waals surface area (Å²) in [6, 6.07) is 0. The molecule has 8 atom stereocenters. The first kappa shape index (κ1) is 19.0. The first-order chi connectivity index (χ1) is 13.2. The van der Waals surface area contributed by atoms with E-state index in [1.807, 2.05) is 12.3 Å². The van der Waals surface area contributed by atoms with E-state index >= 15 is 0 Å². The van der Waals surface area contributed by atoms with Crippen molar-refractivity contribution in [1.29, 1.82) is 0 Å². The smallest absolute Gasteiger partial charge is 0.306 e. The Morgan fingerprint density at radius 3 is 2.46 bits per heavy atom. The molecule has 3 saturated carbocycles. The molecule has 1 aliphatic heterocycles. The minimum Gasteiger partial charge on any atom is -0.458 e. The fourth-order valence-corrected chi connectivity index (χ4v) is 9.37. The van der Waals surface area contributed by atoms with Crippen LogP contribution in [0.2, 0.25) is 0 Å². The Morgan fingerprint density at radius 2 is 1.79 bits per heavy atom. The lowest BCUT2D eigenvalue weighted by Gasteiger charge is -2.60. The van der Waals surface area contributed by atoms with Crippen molar-refractivity contribution in [3.05, 3.63) is 11.6 Å². The van der Waals surface area contributed by atoms with E-state index in [1.165, 1.54) is 5.57 Å². The van der Waals surface area contributed by atoms with Gasteiger partial charge in [0, 0.05) is 40.6 Å². The fourth-order valence-electron chi connectivity index (χ4n) is 8.13. The number of ketones is 1. The quantitative estimate of drug-likeness (QED) is 0.621. The maximum Gasteiger partial charge on any atom is 0.306 e. The maximum atomic E-state index is 12.9. The van der Waals surface area contributed by atoms with Crippen molar-refractivity contribution in [2.24, 2.45) is 28.6 Å². The van der Waals surface area contributed by atoms with E-state index in [0.717, 1.165) is 44.9 Å². The first-order valence-corrected chi connectivity index (χ1v) is 12.6. The number of carbonyl (C=O) groups is 2. The molecule has 0 aromatic carbocycles. The molecule has 0 amide bonds. The van der Waals surface area contributed by atoms with Crippen molar-refractivity contribution in [3.8, 4) is 0 Å². The number of esters is 1. The molecule has 5 rings (SSSR count). The summed E-state index contributed by atoms with van der Waals surface area (Å²) >= 11 is 0. The van der Waals surface area contributed by atoms with E-state index in [2.05, 4.69) is 13.8 Å². The molecule has 28 heavy (non-hydrogen) atoms. The highest BCUT2D eigenvalue weighted by Crippen LogP contribution is 2.70. The molecule has 0 bridgehead atoms. The third kappa shape index (κ3) is 2.31. The second-order valence-corrected chi connectivity index (χ2v) is 12.2. The summed E-state index contributed by atoms with van der Waals surface area (Å²) in [4.78, 5) is 24.2. The average molecular weight is 405 g/mol.